The lowest BCUT2D eigenvalue weighted by Gasteiger charge is -2.28. The van der Waals surface area contributed by atoms with Gasteiger partial charge in [-0.2, -0.15) is 0 Å². The van der Waals surface area contributed by atoms with E-state index in [0.717, 1.165) is 17.1 Å². The highest BCUT2D eigenvalue weighted by Gasteiger charge is 2.18. The molecule has 46 heavy (non-hydrogen) atoms. The average molecular weight is 604 g/mol. The second-order valence-electron chi connectivity index (χ2n) is 11.8. The number of anilines is 3. The highest BCUT2D eigenvalue weighted by atomic mass is 32.1. The van der Waals surface area contributed by atoms with Crippen molar-refractivity contribution in [3.63, 3.8) is 0 Å². The molecule has 1 nitrogen and oxygen atoms in total. The molecule has 0 bridgehead atoms. The molecule has 9 rings (SSSR count). The van der Waals surface area contributed by atoms with Crippen LogP contribution in [0.15, 0.2) is 176 Å². The summed E-state index contributed by atoms with van der Waals surface area (Å²) in [5.74, 6) is 0. The smallest absolute Gasteiger partial charge is 0.0540 e. The topological polar surface area (TPSA) is 3.24 Å². The maximum atomic E-state index is 2.42. The second-order valence-corrected chi connectivity index (χ2v) is 12.9. The summed E-state index contributed by atoms with van der Waals surface area (Å²) >= 11 is 1.87. The minimum absolute atomic E-state index is 1.12. The van der Waals surface area contributed by atoms with E-state index in [9.17, 15) is 0 Å². The van der Waals surface area contributed by atoms with Crippen LogP contribution in [0.25, 0.3) is 64.0 Å². The number of benzene rings is 8. The third kappa shape index (κ3) is 4.54. The van der Waals surface area contributed by atoms with Gasteiger partial charge in [0.25, 0.3) is 0 Å². The molecule has 0 saturated carbocycles. The maximum Gasteiger partial charge on any atom is 0.0540 e. The quantitative estimate of drug-likeness (QED) is 0.189. The van der Waals surface area contributed by atoms with Gasteiger partial charge in [-0.05, 0) is 86.9 Å². The molecule has 1 aromatic heterocycles. The third-order valence-electron chi connectivity index (χ3n) is 9.01. The van der Waals surface area contributed by atoms with Crippen LogP contribution in [0.2, 0.25) is 0 Å². The van der Waals surface area contributed by atoms with Gasteiger partial charge in [0.1, 0.15) is 0 Å². The predicted octanol–water partition coefficient (Wildman–Crippen LogP) is 13.2. The Kier molecular flexibility index (Phi) is 6.40. The van der Waals surface area contributed by atoms with Gasteiger partial charge >= 0.3 is 0 Å². The number of nitrogens with zero attached hydrogens (tertiary/aromatic N) is 1. The predicted molar refractivity (Wildman–Crippen MR) is 200 cm³/mol. The fraction of sp³-hybridized carbons (Fsp3) is 0. The normalized spacial score (nSPS) is 11.5. The monoisotopic (exact) mass is 603 g/mol. The molecule has 2 heteroatoms. The van der Waals surface area contributed by atoms with Gasteiger partial charge in [0.2, 0.25) is 0 Å². The first-order valence-corrected chi connectivity index (χ1v) is 16.5. The molecule has 0 atom stereocenters. The van der Waals surface area contributed by atoms with E-state index in [0.29, 0.717) is 0 Å². The SMILES string of the molecule is c1cc(-c2ccc3ccccc3c2)cc(N(c2cccc(-c3cccc4sc5ccccc5c34)c2)c2cccc3ccccc23)c1. The summed E-state index contributed by atoms with van der Waals surface area (Å²) in [5.41, 5.74) is 8.29. The van der Waals surface area contributed by atoms with E-state index < -0.39 is 0 Å². The molecule has 0 aliphatic heterocycles. The fourth-order valence-corrected chi connectivity index (χ4v) is 7.98. The highest BCUT2D eigenvalue weighted by Crippen LogP contribution is 2.44. The summed E-state index contributed by atoms with van der Waals surface area (Å²) in [4.78, 5) is 2.42. The molecule has 0 fully saturated rings. The highest BCUT2D eigenvalue weighted by molar-refractivity contribution is 7.25. The molecule has 0 spiro atoms. The van der Waals surface area contributed by atoms with Gasteiger partial charge in [-0.3, -0.25) is 0 Å². The molecule has 0 N–H and O–H groups in total. The van der Waals surface area contributed by atoms with Crippen molar-refractivity contribution in [2.45, 2.75) is 0 Å². The molecule has 1 heterocycles. The van der Waals surface area contributed by atoms with Crippen LogP contribution in [0.1, 0.15) is 0 Å². The lowest BCUT2D eigenvalue weighted by molar-refractivity contribution is 1.30. The molecule has 0 radical (unpaired) electrons. The van der Waals surface area contributed by atoms with E-state index >= 15 is 0 Å². The van der Waals surface area contributed by atoms with Crippen molar-refractivity contribution in [1.82, 2.24) is 0 Å². The molecular formula is C44H29NS. The zero-order valence-corrected chi connectivity index (χ0v) is 25.9. The summed E-state index contributed by atoms with van der Waals surface area (Å²) < 4.78 is 2.64. The number of hydrogen-bond donors (Lipinski definition) is 0. The zero-order chi connectivity index (χ0) is 30.5. The Hall–Kier alpha value is -5.70. The zero-order valence-electron chi connectivity index (χ0n) is 25.1. The van der Waals surface area contributed by atoms with Gasteiger partial charge < -0.3 is 4.90 Å². The van der Waals surface area contributed by atoms with Crippen molar-refractivity contribution in [3.05, 3.63) is 176 Å². The first-order valence-electron chi connectivity index (χ1n) is 15.7. The van der Waals surface area contributed by atoms with Crippen LogP contribution < -0.4 is 4.90 Å². The standard InChI is InChI=1S/C44H29NS/c1-2-13-32-27-34(26-25-30(32)11-1)33-15-7-17-36(28-33)45(41-22-9-14-31-12-3-4-19-38(31)41)37-18-8-16-35(29-37)39-21-10-24-43-44(39)40-20-5-6-23-42(40)46-43/h1-29H. The molecule has 0 amide bonds. The van der Waals surface area contributed by atoms with Crippen LogP contribution in [-0.4, -0.2) is 0 Å². The molecule has 0 unspecified atom stereocenters. The summed E-state index contributed by atoms with van der Waals surface area (Å²) in [5, 5.41) is 7.59. The van der Waals surface area contributed by atoms with Crippen LogP contribution >= 0.6 is 11.3 Å². The molecular weight excluding hydrogens is 575 g/mol. The summed E-state index contributed by atoms with van der Waals surface area (Å²) in [7, 11) is 0. The van der Waals surface area contributed by atoms with Crippen molar-refractivity contribution in [3.8, 4) is 22.3 Å². The Balaban J connectivity index is 1.25. The van der Waals surface area contributed by atoms with Gasteiger partial charge in [0.05, 0.1) is 5.69 Å². The first-order chi connectivity index (χ1) is 22.8. The lowest BCUT2D eigenvalue weighted by Crippen LogP contribution is -2.10. The molecule has 216 valence electrons. The maximum absolute atomic E-state index is 2.42. The number of fused-ring (bicyclic) bond motifs is 5. The Labute approximate surface area is 272 Å². The minimum atomic E-state index is 1.12. The van der Waals surface area contributed by atoms with Crippen molar-refractivity contribution in [1.29, 1.82) is 0 Å². The van der Waals surface area contributed by atoms with E-state index in [1.54, 1.807) is 0 Å². The average Bonchev–Trinajstić information content (AvgIpc) is 3.51. The largest absolute Gasteiger partial charge is 0.310 e. The van der Waals surface area contributed by atoms with Crippen molar-refractivity contribution < 1.29 is 0 Å². The number of hydrogen-bond acceptors (Lipinski definition) is 2. The van der Waals surface area contributed by atoms with Crippen LogP contribution in [0, 0.1) is 0 Å². The third-order valence-corrected chi connectivity index (χ3v) is 10.1. The minimum Gasteiger partial charge on any atom is -0.310 e. The fourth-order valence-electron chi connectivity index (χ4n) is 6.85. The molecule has 0 aliphatic rings. The molecule has 9 aromatic rings. The molecule has 0 aliphatic carbocycles. The Morgan fingerprint density at radius 3 is 1.85 bits per heavy atom. The van der Waals surface area contributed by atoms with E-state index in [-0.39, 0.29) is 0 Å². The first kappa shape index (κ1) is 26.7. The van der Waals surface area contributed by atoms with Crippen molar-refractivity contribution in [2.75, 3.05) is 4.90 Å². The Morgan fingerprint density at radius 2 is 0.978 bits per heavy atom. The van der Waals surface area contributed by atoms with Gasteiger partial charge in [0, 0.05) is 36.9 Å². The number of thiophene rings is 1. The van der Waals surface area contributed by atoms with Crippen molar-refractivity contribution >= 4 is 70.1 Å². The summed E-state index contributed by atoms with van der Waals surface area (Å²) in [6.07, 6.45) is 0. The van der Waals surface area contributed by atoms with Crippen LogP contribution in [-0.2, 0) is 0 Å². The summed E-state index contributed by atoms with van der Waals surface area (Å²) in [6, 6.07) is 64.0. The lowest BCUT2D eigenvalue weighted by atomic mass is 9.98. The summed E-state index contributed by atoms with van der Waals surface area (Å²) in [6.45, 7) is 0. The van der Waals surface area contributed by atoms with Crippen LogP contribution in [0.5, 0.6) is 0 Å². The molecule has 0 saturated heterocycles. The second kappa shape index (κ2) is 11.0. The van der Waals surface area contributed by atoms with E-state index in [2.05, 4.69) is 181 Å². The molecule has 8 aromatic carbocycles. The Morgan fingerprint density at radius 1 is 0.370 bits per heavy atom. The van der Waals surface area contributed by atoms with E-state index in [1.807, 2.05) is 11.3 Å². The van der Waals surface area contributed by atoms with Crippen LogP contribution in [0.3, 0.4) is 0 Å². The number of rotatable bonds is 5. The van der Waals surface area contributed by atoms with Gasteiger partial charge in [-0.1, -0.05) is 127 Å². The van der Waals surface area contributed by atoms with Crippen LogP contribution in [0.4, 0.5) is 17.1 Å². The Bertz CT molecular complexity index is 2550. The van der Waals surface area contributed by atoms with Crippen molar-refractivity contribution in [2.24, 2.45) is 0 Å². The van der Waals surface area contributed by atoms with E-state index in [1.165, 1.54) is 64.0 Å². The van der Waals surface area contributed by atoms with Gasteiger partial charge in [-0.15, -0.1) is 11.3 Å². The van der Waals surface area contributed by atoms with E-state index in [4.69, 9.17) is 0 Å². The van der Waals surface area contributed by atoms with Gasteiger partial charge in [-0.25, -0.2) is 0 Å². The van der Waals surface area contributed by atoms with Gasteiger partial charge in [0.15, 0.2) is 0 Å².